The number of rotatable bonds is 11. The summed E-state index contributed by atoms with van der Waals surface area (Å²) in [7, 11) is 0. The molecule has 23 heavy (non-hydrogen) atoms. The van der Waals surface area contributed by atoms with Gasteiger partial charge in [0, 0.05) is 0 Å². The maximum Gasteiger partial charge on any atom is 0.187 e. The van der Waals surface area contributed by atoms with Crippen molar-refractivity contribution in [1.29, 1.82) is 0 Å². The third kappa shape index (κ3) is 6.62. The van der Waals surface area contributed by atoms with Crippen molar-refractivity contribution in [2.24, 2.45) is 0 Å². The highest BCUT2D eigenvalue weighted by Gasteiger charge is 2.44. The van der Waals surface area contributed by atoms with E-state index in [0.29, 0.717) is 6.42 Å². The van der Waals surface area contributed by atoms with Gasteiger partial charge in [-0.1, -0.05) is 45.4 Å². The van der Waals surface area contributed by atoms with Gasteiger partial charge in [0.25, 0.3) is 0 Å². The van der Waals surface area contributed by atoms with Crippen LogP contribution < -0.4 is 0 Å². The monoisotopic (exact) mass is 336 g/mol. The molecule has 1 heterocycles. The largest absolute Gasteiger partial charge is 0.394 e. The van der Waals surface area contributed by atoms with E-state index < -0.39 is 50.0 Å². The quantitative estimate of drug-likeness (QED) is 0.335. The van der Waals surface area contributed by atoms with Crippen LogP contribution in [0.3, 0.4) is 0 Å². The number of hydrogen-bond donors (Lipinski definition) is 5. The first kappa shape index (κ1) is 20.8. The maximum absolute atomic E-state index is 10.0. The lowest BCUT2D eigenvalue weighted by atomic mass is 9.95. The molecule has 0 radical (unpaired) electrons. The number of ether oxygens (including phenoxy) is 2. The smallest absolute Gasteiger partial charge is 0.187 e. The van der Waals surface area contributed by atoms with Crippen molar-refractivity contribution in [3.8, 4) is 0 Å². The van der Waals surface area contributed by atoms with Gasteiger partial charge in [0.15, 0.2) is 6.29 Å². The topological polar surface area (TPSA) is 120 Å². The van der Waals surface area contributed by atoms with Crippen LogP contribution in [0, 0.1) is 0 Å². The fourth-order valence-electron chi connectivity index (χ4n) is 2.73. The molecule has 0 aromatic rings. The Balaban J connectivity index is 2.45. The first-order valence-electron chi connectivity index (χ1n) is 8.62. The molecule has 1 aliphatic heterocycles. The molecule has 5 N–H and O–H groups in total. The number of aliphatic hydroxyl groups excluding tert-OH is 5. The van der Waals surface area contributed by atoms with Gasteiger partial charge in [-0.05, 0) is 6.42 Å². The Labute approximate surface area is 137 Å². The molecule has 0 unspecified atom stereocenters. The minimum absolute atomic E-state index is 0.427. The second-order valence-electron chi connectivity index (χ2n) is 6.19. The molecule has 5 atom stereocenters. The normalized spacial score (nSPS) is 31.7. The van der Waals surface area contributed by atoms with Crippen molar-refractivity contribution in [2.45, 2.75) is 88.7 Å². The highest BCUT2D eigenvalue weighted by molar-refractivity contribution is 4.89. The van der Waals surface area contributed by atoms with Crippen LogP contribution in [-0.4, -0.2) is 75.6 Å². The van der Waals surface area contributed by atoms with E-state index in [9.17, 15) is 15.3 Å². The lowest BCUT2D eigenvalue weighted by Crippen LogP contribution is -2.59. The fraction of sp³-hybridized carbons (Fsp3) is 1.00. The predicted octanol–water partition coefficient (Wildman–Crippen LogP) is -0.0856. The second kappa shape index (κ2) is 11.3. The van der Waals surface area contributed by atoms with Crippen LogP contribution in [-0.2, 0) is 9.47 Å². The van der Waals surface area contributed by atoms with E-state index in [2.05, 4.69) is 6.92 Å². The van der Waals surface area contributed by atoms with Crippen molar-refractivity contribution in [2.75, 3.05) is 13.2 Å². The molecular weight excluding hydrogens is 304 g/mol. The Morgan fingerprint density at radius 3 is 2.09 bits per heavy atom. The van der Waals surface area contributed by atoms with Crippen molar-refractivity contribution in [3.05, 3.63) is 0 Å². The van der Waals surface area contributed by atoms with Gasteiger partial charge >= 0.3 is 0 Å². The van der Waals surface area contributed by atoms with Gasteiger partial charge in [0.2, 0.25) is 0 Å². The zero-order valence-corrected chi connectivity index (χ0v) is 13.9. The average Bonchev–Trinajstić information content (AvgIpc) is 2.56. The highest BCUT2D eigenvalue weighted by Crippen LogP contribution is 2.26. The summed E-state index contributed by atoms with van der Waals surface area (Å²) in [4.78, 5) is 0. The second-order valence-corrected chi connectivity index (χ2v) is 6.19. The Kier molecular flexibility index (Phi) is 10.2. The SMILES string of the molecule is CCCCCCCC[C@H]1O[C@@H](OC(CO)CO)[C@H](O)[C@@H](O)[C@H]1O. The van der Waals surface area contributed by atoms with Gasteiger partial charge in [0.1, 0.15) is 24.4 Å². The third-order valence-corrected chi connectivity index (χ3v) is 4.24. The van der Waals surface area contributed by atoms with Crippen LogP contribution in [0.4, 0.5) is 0 Å². The van der Waals surface area contributed by atoms with E-state index in [1.807, 2.05) is 0 Å². The Hall–Kier alpha value is -0.280. The molecule has 0 aromatic heterocycles. The van der Waals surface area contributed by atoms with Gasteiger partial charge in [-0.25, -0.2) is 0 Å². The van der Waals surface area contributed by atoms with E-state index >= 15 is 0 Å². The molecule has 0 saturated carbocycles. The molecule has 1 rings (SSSR count). The summed E-state index contributed by atoms with van der Waals surface area (Å²) in [6, 6.07) is 0. The Bertz CT molecular complexity index is 298. The molecule has 7 heteroatoms. The molecule has 1 saturated heterocycles. The van der Waals surface area contributed by atoms with Crippen molar-refractivity contribution in [1.82, 2.24) is 0 Å². The summed E-state index contributed by atoms with van der Waals surface area (Å²) in [5.41, 5.74) is 0. The standard InChI is InChI=1S/C16H32O7/c1-2-3-4-5-6-7-8-12-13(19)14(20)15(21)16(23-12)22-11(9-17)10-18/h11-21H,2-10H2,1H3/t12-,13+,14+,15-,16-/m1/s1. The molecular formula is C16H32O7. The zero-order chi connectivity index (χ0) is 17.2. The van der Waals surface area contributed by atoms with Crippen LogP contribution in [0.5, 0.6) is 0 Å². The molecule has 138 valence electrons. The molecule has 1 aliphatic rings. The average molecular weight is 336 g/mol. The Morgan fingerprint density at radius 2 is 1.48 bits per heavy atom. The summed E-state index contributed by atoms with van der Waals surface area (Å²) in [6.45, 7) is 1.30. The molecule has 0 amide bonds. The minimum atomic E-state index is -1.42. The van der Waals surface area contributed by atoms with Gasteiger partial charge in [-0.15, -0.1) is 0 Å². The molecule has 1 fully saturated rings. The van der Waals surface area contributed by atoms with Gasteiger partial charge < -0.3 is 35.0 Å². The summed E-state index contributed by atoms with van der Waals surface area (Å²) in [5, 5.41) is 47.9. The van der Waals surface area contributed by atoms with Crippen molar-refractivity contribution < 1.29 is 35.0 Å². The lowest BCUT2D eigenvalue weighted by molar-refractivity contribution is -0.312. The van der Waals surface area contributed by atoms with Gasteiger partial charge in [0.05, 0.1) is 19.3 Å². The highest BCUT2D eigenvalue weighted by atomic mass is 16.7. The Morgan fingerprint density at radius 1 is 0.870 bits per heavy atom. The van der Waals surface area contributed by atoms with E-state index in [4.69, 9.17) is 19.7 Å². The van der Waals surface area contributed by atoms with Gasteiger partial charge in [-0.3, -0.25) is 0 Å². The molecule has 0 bridgehead atoms. The number of aliphatic hydroxyl groups is 5. The minimum Gasteiger partial charge on any atom is -0.394 e. The summed E-state index contributed by atoms with van der Waals surface area (Å²) in [5.74, 6) is 0. The van der Waals surface area contributed by atoms with Crippen LogP contribution in [0.1, 0.15) is 51.9 Å². The van der Waals surface area contributed by atoms with E-state index in [1.54, 1.807) is 0 Å². The summed E-state index contributed by atoms with van der Waals surface area (Å²) >= 11 is 0. The van der Waals surface area contributed by atoms with Crippen LogP contribution >= 0.6 is 0 Å². The summed E-state index contributed by atoms with van der Waals surface area (Å²) in [6.07, 6.45) is 0.447. The first-order valence-corrected chi connectivity index (χ1v) is 8.62. The van der Waals surface area contributed by atoms with Crippen LogP contribution in [0.2, 0.25) is 0 Å². The molecule has 0 aliphatic carbocycles. The van der Waals surface area contributed by atoms with Gasteiger partial charge in [-0.2, -0.15) is 0 Å². The van der Waals surface area contributed by atoms with E-state index in [0.717, 1.165) is 19.3 Å². The van der Waals surface area contributed by atoms with Crippen LogP contribution in [0.25, 0.3) is 0 Å². The molecule has 0 spiro atoms. The predicted molar refractivity (Wildman–Crippen MR) is 83.7 cm³/mol. The molecule has 0 aromatic carbocycles. The van der Waals surface area contributed by atoms with Crippen LogP contribution in [0.15, 0.2) is 0 Å². The third-order valence-electron chi connectivity index (χ3n) is 4.24. The first-order chi connectivity index (χ1) is 11.0. The molecule has 7 nitrogen and oxygen atoms in total. The maximum atomic E-state index is 10.0. The van der Waals surface area contributed by atoms with E-state index in [1.165, 1.54) is 19.3 Å². The summed E-state index contributed by atoms with van der Waals surface area (Å²) < 4.78 is 10.8. The zero-order valence-electron chi connectivity index (χ0n) is 13.9. The van der Waals surface area contributed by atoms with E-state index in [-0.39, 0.29) is 0 Å². The fourth-order valence-corrected chi connectivity index (χ4v) is 2.73. The van der Waals surface area contributed by atoms with Crippen molar-refractivity contribution in [3.63, 3.8) is 0 Å². The van der Waals surface area contributed by atoms with Crippen molar-refractivity contribution >= 4 is 0 Å². The number of hydrogen-bond acceptors (Lipinski definition) is 7. The lowest BCUT2D eigenvalue weighted by Gasteiger charge is -2.41. The number of unbranched alkanes of at least 4 members (excludes halogenated alkanes) is 5.